The minimum absolute atomic E-state index is 0.0122. The van der Waals surface area contributed by atoms with Crippen molar-refractivity contribution in [2.24, 2.45) is 16.9 Å². The molecule has 0 fully saturated rings. The fourth-order valence-electron chi connectivity index (χ4n) is 2.26. The molecule has 106 valence electrons. The molecule has 5 nitrogen and oxygen atoms in total. The highest BCUT2D eigenvalue weighted by Crippen LogP contribution is 2.28. The van der Waals surface area contributed by atoms with Gasteiger partial charge in [0.05, 0.1) is 5.41 Å². The van der Waals surface area contributed by atoms with E-state index in [2.05, 4.69) is 19.2 Å². The molecule has 5 heteroatoms. The van der Waals surface area contributed by atoms with Crippen molar-refractivity contribution >= 4 is 11.8 Å². The molecule has 0 heterocycles. The van der Waals surface area contributed by atoms with Crippen LogP contribution in [0.15, 0.2) is 0 Å². The highest BCUT2D eigenvalue weighted by molar-refractivity contribution is 5.83. The Labute approximate surface area is 110 Å². The second-order valence-corrected chi connectivity index (χ2v) is 4.81. The average Bonchev–Trinajstić information content (AvgIpc) is 2.33. The lowest BCUT2D eigenvalue weighted by Crippen LogP contribution is -2.46. The van der Waals surface area contributed by atoms with Crippen LogP contribution in [0.3, 0.4) is 0 Å². The molecular formula is C13H27N3O2. The van der Waals surface area contributed by atoms with Gasteiger partial charge in [-0.2, -0.15) is 0 Å². The molecule has 18 heavy (non-hydrogen) atoms. The van der Waals surface area contributed by atoms with Crippen LogP contribution in [0.4, 0.5) is 0 Å². The maximum atomic E-state index is 12.2. The number of nitrogens with one attached hydrogen (secondary N) is 1. The van der Waals surface area contributed by atoms with Crippen molar-refractivity contribution in [2.45, 2.75) is 52.4 Å². The number of carbonyl (C=O) groups is 2. The molecule has 5 N–H and O–H groups in total. The van der Waals surface area contributed by atoms with E-state index < -0.39 is 5.41 Å². The van der Waals surface area contributed by atoms with Gasteiger partial charge in [0.25, 0.3) is 0 Å². The summed E-state index contributed by atoms with van der Waals surface area (Å²) in [7, 11) is 0. The monoisotopic (exact) mass is 257 g/mol. The zero-order valence-electron chi connectivity index (χ0n) is 11.6. The van der Waals surface area contributed by atoms with Crippen molar-refractivity contribution in [2.75, 3.05) is 13.1 Å². The van der Waals surface area contributed by atoms with Crippen LogP contribution < -0.4 is 16.8 Å². The Hall–Kier alpha value is -1.10. The fourth-order valence-corrected chi connectivity index (χ4v) is 2.26. The van der Waals surface area contributed by atoms with Gasteiger partial charge in [0.15, 0.2) is 0 Å². The predicted octanol–water partition coefficient (Wildman–Crippen LogP) is 0.913. The van der Waals surface area contributed by atoms with Crippen LogP contribution in [0.5, 0.6) is 0 Å². The Kier molecular flexibility index (Phi) is 8.37. The first-order chi connectivity index (χ1) is 8.52. The quantitative estimate of drug-likeness (QED) is 0.507. The molecule has 0 bridgehead atoms. The van der Waals surface area contributed by atoms with Crippen LogP contribution in [0, 0.1) is 5.41 Å². The first-order valence-electron chi connectivity index (χ1n) is 6.79. The molecule has 0 aliphatic rings. The summed E-state index contributed by atoms with van der Waals surface area (Å²) in [5, 5.41) is 2.87. The number of rotatable bonds is 10. The molecule has 0 aromatic carbocycles. The van der Waals surface area contributed by atoms with Crippen molar-refractivity contribution in [1.82, 2.24) is 5.32 Å². The van der Waals surface area contributed by atoms with Crippen LogP contribution >= 0.6 is 0 Å². The molecule has 0 aliphatic heterocycles. The Morgan fingerprint density at radius 1 is 1.17 bits per heavy atom. The zero-order valence-corrected chi connectivity index (χ0v) is 11.6. The first-order valence-corrected chi connectivity index (χ1v) is 6.79. The van der Waals surface area contributed by atoms with Crippen molar-refractivity contribution in [3.05, 3.63) is 0 Å². The maximum absolute atomic E-state index is 12.2. The number of amides is 2. The standard InChI is InChI=1S/C13H27N3O2/c1-3-7-13(10-14,8-4-2)12(18)16-9-5-6-11(15)17/h3-10,14H2,1-2H3,(H2,15,17)(H,16,18). The maximum Gasteiger partial charge on any atom is 0.227 e. The minimum Gasteiger partial charge on any atom is -0.370 e. The van der Waals surface area contributed by atoms with Gasteiger partial charge in [-0.25, -0.2) is 0 Å². The molecule has 2 amide bonds. The third kappa shape index (κ3) is 5.49. The molecule has 0 spiro atoms. The molecule has 0 saturated carbocycles. The van der Waals surface area contributed by atoms with E-state index in [0.29, 0.717) is 25.9 Å². The van der Waals surface area contributed by atoms with E-state index in [0.717, 1.165) is 25.7 Å². The smallest absolute Gasteiger partial charge is 0.227 e. The minimum atomic E-state index is -0.448. The number of nitrogens with two attached hydrogens (primary N) is 2. The van der Waals surface area contributed by atoms with Crippen molar-refractivity contribution < 1.29 is 9.59 Å². The van der Waals surface area contributed by atoms with E-state index in [9.17, 15) is 9.59 Å². The van der Waals surface area contributed by atoms with E-state index in [1.165, 1.54) is 0 Å². The van der Waals surface area contributed by atoms with Crippen LogP contribution in [0.1, 0.15) is 52.4 Å². The van der Waals surface area contributed by atoms with Gasteiger partial charge >= 0.3 is 0 Å². The number of hydrogen-bond donors (Lipinski definition) is 3. The van der Waals surface area contributed by atoms with E-state index in [1.807, 2.05) is 0 Å². The van der Waals surface area contributed by atoms with E-state index in [-0.39, 0.29) is 11.8 Å². The van der Waals surface area contributed by atoms with Gasteiger partial charge in [-0.05, 0) is 19.3 Å². The summed E-state index contributed by atoms with van der Waals surface area (Å²) in [5.74, 6) is -0.324. The molecule has 0 aromatic heterocycles. The zero-order chi connectivity index (χ0) is 14.0. The third-order valence-electron chi connectivity index (χ3n) is 3.22. The predicted molar refractivity (Wildman–Crippen MR) is 72.7 cm³/mol. The van der Waals surface area contributed by atoms with Gasteiger partial charge in [0.2, 0.25) is 11.8 Å². The Morgan fingerprint density at radius 3 is 2.11 bits per heavy atom. The van der Waals surface area contributed by atoms with Crippen LogP contribution in [0.2, 0.25) is 0 Å². The lowest BCUT2D eigenvalue weighted by molar-refractivity contribution is -0.131. The number of primary amides is 1. The lowest BCUT2D eigenvalue weighted by Gasteiger charge is -2.30. The normalized spacial score (nSPS) is 11.3. The molecule has 0 saturated heterocycles. The second-order valence-electron chi connectivity index (χ2n) is 4.81. The average molecular weight is 257 g/mol. The van der Waals surface area contributed by atoms with Gasteiger partial charge in [0, 0.05) is 19.5 Å². The van der Waals surface area contributed by atoms with Gasteiger partial charge < -0.3 is 16.8 Å². The summed E-state index contributed by atoms with van der Waals surface area (Å²) in [6.07, 6.45) is 4.37. The van der Waals surface area contributed by atoms with E-state index in [1.54, 1.807) is 0 Å². The SMILES string of the molecule is CCCC(CN)(CCC)C(=O)NCCCC(N)=O. The molecule has 0 atom stereocenters. The van der Waals surface area contributed by atoms with Gasteiger partial charge in [-0.3, -0.25) is 9.59 Å². The summed E-state index contributed by atoms with van der Waals surface area (Å²) in [6.45, 7) is 4.97. The molecule has 0 aliphatic carbocycles. The Bertz CT molecular complexity index is 261. The lowest BCUT2D eigenvalue weighted by atomic mass is 9.78. The summed E-state index contributed by atoms with van der Waals surface area (Å²) in [4.78, 5) is 22.8. The largest absolute Gasteiger partial charge is 0.370 e. The van der Waals surface area contributed by atoms with Crippen molar-refractivity contribution in [1.29, 1.82) is 0 Å². The van der Waals surface area contributed by atoms with E-state index in [4.69, 9.17) is 11.5 Å². The van der Waals surface area contributed by atoms with Crippen LogP contribution in [-0.4, -0.2) is 24.9 Å². The molecular weight excluding hydrogens is 230 g/mol. The van der Waals surface area contributed by atoms with Crippen molar-refractivity contribution in [3.63, 3.8) is 0 Å². The topological polar surface area (TPSA) is 98.2 Å². The molecule has 0 rings (SSSR count). The second kappa shape index (κ2) is 8.91. The molecule has 0 unspecified atom stereocenters. The third-order valence-corrected chi connectivity index (χ3v) is 3.22. The fraction of sp³-hybridized carbons (Fsp3) is 0.846. The number of hydrogen-bond acceptors (Lipinski definition) is 3. The summed E-state index contributed by atoms with van der Waals surface area (Å²) >= 11 is 0. The van der Waals surface area contributed by atoms with Crippen LogP contribution in [0.25, 0.3) is 0 Å². The van der Waals surface area contributed by atoms with Crippen LogP contribution in [-0.2, 0) is 9.59 Å². The Morgan fingerprint density at radius 2 is 1.72 bits per heavy atom. The van der Waals surface area contributed by atoms with Gasteiger partial charge in [0.1, 0.15) is 0 Å². The summed E-state index contributed by atoms with van der Waals surface area (Å²) < 4.78 is 0. The Balaban J connectivity index is 4.32. The molecule has 0 aromatic rings. The first kappa shape index (κ1) is 16.9. The molecule has 0 radical (unpaired) electrons. The van der Waals surface area contributed by atoms with E-state index >= 15 is 0 Å². The van der Waals surface area contributed by atoms with Gasteiger partial charge in [-0.1, -0.05) is 26.7 Å². The number of carbonyl (C=O) groups excluding carboxylic acids is 2. The summed E-state index contributed by atoms with van der Waals surface area (Å²) in [5.41, 5.74) is 10.4. The van der Waals surface area contributed by atoms with Crippen molar-refractivity contribution in [3.8, 4) is 0 Å². The van der Waals surface area contributed by atoms with Gasteiger partial charge in [-0.15, -0.1) is 0 Å². The summed E-state index contributed by atoms with van der Waals surface area (Å²) in [6, 6.07) is 0. The highest BCUT2D eigenvalue weighted by Gasteiger charge is 2.34. The highest BCUT2D eigenvalue weighted by atomic mass is 16.2.